The second-order valence-electron chi connectivity index (χ2n) is 14.5. The molecule has 0 saturated carbocycles. The molecule has 2 aromatic heterocycles. The number of likely N-dealkylation sites (N-methyl/N-ethyl adjacent to an activating group) is 1. The molecule has 4 heterocycles. The molecule has 8 N–H and O–H groups in total. The van der Waals surface area contributed by atoms with Gasteiger partial charge in [0.2, 0.25) is 29.5 Å². The van der Waals surface area contributed by atoms with Crippen molar-refractivity contribution in [1.29, 1.82) is 0 Å². The van der Waals surface area contributed by atoms with Crippen LogP contribution in [0, 0.1) is 5.92 Å². The molecule has 7 atom stereocenters. The monoisotopic (exact) mass is 806 g/mol. The Morgan fingerprint density at radius 2 is 1.76 bits per heavy atom. The Morgan fingerprint density at radius 1 is 1.02 bits per heavy atom. The Hall–Kier alpha value is -6.12. The number of anilines is 2. The largest absolute Gasteiger partial charge is 0.445 e. The molecule has 0 unspecified atom stereocenters. The topological polar surface area (TPSA) is 270 Å². The molecule has 1 aromatic carbocycles. The predicted octanol–water partition coefficient (Wildman–Crippen LogP) is -0.0377. The van der Waals surface area contributed by atoms with Crippen molar-refractivity contribution in [2.24, 2.45) is 5.92 Å². The predicted molar refractivity (Wildman–Crippen MR) is 208 cm³/mol. The summed E-state index contributed by atoms with van der Waals surface area (Å²) < 4.78 is 11.2. The number of ether oxygens (including phenoxy) is 2. The number of pyridine rings is 1. The molecule has 2 aliphatic rings. The third kappa shape index (κ3) is 11.0. The minimum Gasteiger partial charge on any atom is -0.445 e. The number of nitrogens with zero attached hydrogens (tertiary/aromatic N) is 4. The van der Waals surface area contributed by atoms with Gasteiger partial charge in [-0.3, -0.25) is 24.0 Å². The highest BCUT2D eigenvalue weighted by atomic mass is 16.6. The van der Waals surface area contributed by atoms with Crippen LogP contribution in [0.15, 0.2) is 55.0 Å². The number of aromatic nitrogens is 3. The summed E-state index contributed by atoms with van der Waals surface area (Å²) in [6.45, 7) is 6.76. The van der Waals surface area contributed by atoms with E-state index >= 15 is 0 Å². The molecule has 0 spiro atoms. The molecule has 0 aliphatic carbocycles. The molecule has 1 saturated heterocycles. The third-order valence-corrected chi connectivity index (χ3v) is 9.64. The molecule has 5 rings (SSSR count). The summed E-state index contributed by atoms with van der Waals surface area (Å²) in [6, 6.07) is 5.32. The number of imidazole rings is 1. The van der Waals surface area contributed by atoms with Crippen LogP contribution in [0.4, 0.5) is 16.3 Å². The number of hydrogen-bond acceptors (Lipinski definition) is 13. The van der Waals surface area contributed by atoms with Crippen molar-refractivity contribution < 1.29 is 48.5 Å². The maximum Gasteiger partial charge on any atom is 0.410 e. The minimum atomic E-state index is -1.45. The number of fused-ring (bicyclic) bond motifs is 1. The van der Waals surface area contributed by atoms with E-state index in [0.717, 1.165) is 4.90 Å². The quantitative estimate of drug-likeness (QED) is 0.0946. The van der Waals surface area contributed by atoms with E-state index in [9.17, 15) is 39.0 Å². The van der Waals surface area contributed by atoms with Crippen molar-refractivity contribution in [1.82, 2.24) is 40.7 Å². The molecular weight excluding hydrogens is 756 g/mol. The molecule has 3 aromatic rings. The number of aliphatic hydroxyl groups is 2. The van der Waals surface area contributed by atoms with Gasteiger partial charge in [0.15, 0.2) is 12.0 Å². The Kier molecular flexibility index (Phi) is 14.4. The lowest BCUT2D eigenvalue weighted by atomic mass is 9.96. The fraction of sp³-hybridized carbons (Fsp3) is 0.474. The first-order valence-corrected chi connectivity index (χ1v) is 18.8. The van der Waals surface area contributed by atoms with Gasteiger partial charge in [0.05, 0.1) is 24.0 Å². The molecular formula is C38H50N10O10. The first-order chi connectivity index (χ1) is 27.6. The summed E-state index contributed by atoms with van der Waals surface area (Å²) in [5.74, 6) is -2.15. The van der Waals surface area contributed by atoms with Crippen LogP contribution in [0.1, 0.15) is 39.7 Å². The molecule has 20 heteroatoms. The number of carbonyl (C=O) groups excluding carboxylic acids is 6. The van der Waals surface area contributed by atoms with Crippen LogP contribution in [0.5, 0.6) is 0 Å². The first kappa shape index (κ1) is 43.0. The van der Waals surface area contributed by atoms with E-state index in [2.05, 4.69) is 41.5 Å². The van der Waals surface area contributed by atoms with Crippen molar-refractivity contribution in [2.75, 3.05) is 37.3 Å². The van der Waals surface area contributed by atoms with E-state index in [1.54, 1.807) is 63.4 Å². The summed E-state index contributed by atoms with van der Waals surface area (Å²) >= 11 is 0. The van der Waals surface area contributed by atoms with E-state index in [4.69, 9.17) is 9.47 Å². The van der Waals surface area contributed by atoms with Gasteiger partial charge < -0.3 is 61.1 Å². The minimum absolute atomic E-state index is 0.0299. The second-order valence-corrected chi connectivity index (χ2v) is 14.5. The van der Waals surface area contributed by atoms with Crippen molar-refractivity contribution in [2.45, 2.75) is 83.4 Å². The highest BCUT2D eigenvalue weighted by Crippen LogP contribution is 2.25. The average molecular weight is 807 g/mol. The SMILES string of the molecule is CC(C)[C@H](NC(=O)CCN1CC=CC1=O)C(=O)N[C@@H](C)C(=O)Nc1ccc(COC(=O)N(C)CC(=O)N[C@@H]2[C@@H](O)[C@@H](O)[C@@H](Nc3nccc4[nH]cnc34)O[C@H]2C)cc1. The number of aromatic amines is 1. The maximum absolute atomic E-state index is 13.0. The summed E-state index contributed by atoms with van der Waals surface area (Å²) in [5, 5.41) is 35.3. The average Bonchev–Trinajstić information content (AvgIpc) is 3.85. The van der Waals surface area contributed by atoms with Gasteiger partial charge in [-0.15, -0.1) is 0 Å². The second kappa shape index (κ2) is 19.4. The van der Waals surface area contributed by atoms with Crippen LogP contribution in [-0.2, 0) is 40.1 Å². The first-order valence-electron chi connectivity index (χ1n) is 18.8. The Labute approximate surface area is 334 Å². The van der Waals surface area contributed by atoms with Crippen LogP contribution >= 0.6 is 0 Å². The van der Waals surface area contributed by atoms with Crippen molar-refractivity contribution in [3.05, 3.63) is 60.6 Å². The zero-order valence-corrected chi connectivity index (χ0v) is 32.8. The van der Waals surface area contributed by atoms with Gasteiger partial charge in [-0.2, -0.15) is 0 Å². The zero-order valence-electron chi connectivity index (χ0n) is 32.8. The lowest BCUT2D eigenvalue weighted by molar-refractivity contribution is -0.172. The maximum atomic E-state index is 13.0. The van der Waals surface area contributed by atoms with Crippen LogP contribution < -0.4 is 26.6 Å². The van der Waals surface area contributed by atoms with E-state index in [1.807, 2.05) is 0 Å². The molecule has 20 nitrogen and oxygen atoms in total. The number of hydrogen-bond donors (Lipinski definition) is 8. The standard InChI is InChI=1S/C38H50N10O10/c1-20(2)29(44-26(49)13-16-48-15-6-7-28(48)51)36(55)42-21(3)35(54)43-24-10-8-23(9-11-24)18-57-38(56)47(5)17-27(50)45-30-22(4)58-37(33(53)32(30)52)46-34-31-25(12-14-39-34)40-19-41-31/h6-12,14,19-22,29-30,32-33,37,52-53H,13,15-18H2,1-5H3,(H,39,46)(H,40,41)(H,42,55)(H,43,54)(H,44,49)(H,45,50)/t21-,22-,29-,30-,32+,33+,37-/m0/s1. The van der Waals surface area contributed by atoms with Gasteiger partial charge in [0.1, 0.15) is 43.0 Å². The van der Waals surface area contributed by atoms with E-state index in [-0.39, 0.29) is 31.4 Å². The number of aliphatic hydroxyl groups excluding tert-OH is 2. The Balaban J connectivity index is 1.02. The molecule has 0 bridgehead atoms. The van der Waals surface area contributed by atoms with Gasteiger partial charge in [-0.1, -0.05) is 32.1 Å². The molecule has 312 valence electrons. The summed E-state index contributed by atoms with van der Waals surface area (Å²) in [6.07, 6.45) is 0.765. The zero-order chi connectivity index (χ0) is 42.1. The third-order valence-electron chi connectivity index (χ3n) is 9.64. The van der Waals surface area contributed by atoms with E-state index < -0.39 is 78.9 Å². The Morgan fingerprint density at radius 3 is 2.45 bits per heavy atom. The van der Waals surface area contributed by atoms with Gasteiger partial charge in [-0.25, -0.2) is 14.8 Å². The van der Waals surface area contributed by atoms with Gasteiger partial charge in [-0.05, 0) is 43.5 Å². The van der Waals surface area contributed by atoms with Crippen LogP contribution in [0.25, 0.3) is 11.0 Å². The van der Waals surface area contributed by atoms with Crippen LogP contribution in [0.2, 0.25) is 0 Å². The highest BCUT2D eigenvalue weighted by Gasteiger charge is 2.44. The molecule has 6 amide bonds. The molecule has 2 aliphatic heterocycles. The van der Waals surface area contributed by atoms with E-state index in [0.29, 0.717) is 34.6 Å². The fourth-order valence-corrected chi connectivity index (χ4v) is 6.26. The summed E-state index contributed by atoms with van der Waals surface area (Å²) in [7, 11) is 1.36. The summed E-state index contributed by atoms with van der Waals surface area (Å²) in [5.41, 5.74) is 2.23. The van der Waals surface area contributed by atoms with Crippen molar-refractivity contribution >= 4 is 58.2 Å². The van der Waals surface area contributed by atoms with Gasteiger partial charge >= 0.3 is 6.09 Å². The fourth-order valence-electron chi connectivity index (χ4n) is 6.26. The number of nitrogens with one attached hydrogen (secondary N) is 6. The highest BCUT2D eigenvalue weighted by molar-refractivity contribution is 5.98. The van der Waals surface area contributed by atoms with Crippen LogP contribution in [0.3, 0.4) is 0 Å². The Bertz CT molecular complexity index is 1990. The van der Waals surface area contributed by atoms with Crippen LogP contribution in [-0.4, -0.2) is 140 Å². The van der Waals surface area contributed by atoms with Gasteiger partial charge in [0.25, 0.3) is 0 Å². The van der Waals surface area contributed by atoms with Crippen molar-refractivity contribution in [3.63, 3.8) is 0 Å². The number of H-pyrrole nitrogens is 1. The number of benzene rings is 1. The molecule has 58 heavy (non-hydrogen) atoms. The van der Waals surface area contributed by atoms with Crippen molar-refractivity contribution in [3.8, 4) is 0 Å². The molecule has 1 fully saturated rings. The van der Waals surface area contributed by atoms with Gasteiger partial charge in [0, 0.05) is 44.5 Å². The molecule has 0 radical (unpaired) electrons. The lowest BCUT2D eigenvalue weighted by Gasteiger charge is -2.42. The number of amides is 6. The summed E-state index contributed by atoms with van der Waals surface area (Å²) in [4.78, 5) is 89.7. The smallest absolute Gasteiger partial charge is 0.410 e. The van der Waals surface area contributed by atoms with E-state index in [1.165, 1.54) is 31.3 Å². The number of rotatable bonds is 16. The lowest BCUT2D eigenvalue weighted by Crippen LogP contribution is -2.64. The normalized spacial score (nSPS) is 21.3. The number of carbonyl (C=O) groups is 6.